The van der Waals surface area contributed by atoms with Crippen molar-refractivity contribution in [1.29, 1.82) is 5.41 Å². The Kier molecular flexibility index (Phi) is 5.88. The Hall–Kier alpha value is -2.49. The average Bonchev–Trinajstić information content (AvgIpc) is 3.27. The third-order valence-corrected chi connectivity index (χ3v) is 7.49. The highest BCUT2D eigenvalue weighted by Gasteiger charge is 2.43. The third kappa shape index (κ3) is 4.25. The lowest BCUT2D eigenvalue weighted by molar-refractivity contribution is 0.205. The minimum atomic E-state index is -1.45. The molecule has 1 saturated heterocycles. The van der Waals surface area contributed by atoms with Crippen molar-refractivity contribution >= 4 is 24.3 Å². The molecule has 1 saturated carbocycles. The molecular formula is C23H27F3N6S. The molecule has 3 aliphatic rings. The molecule has 33 heavy (non-hydrogen) atoms. The number of hydrogen-bond donors (Lipinski definition) is 3. The summed E-state index contributed by atoms with van der Waals surface area (Å²) in [5.74, 6) is -2.11. The monoisotopic (exact) mass is 476 g/mol. The van der Waals surface area contributed by atoms with Gasteiger partial charge >= 0.3 is 0 Å². The minimum Gasteiger partial charge on any atom is -0.366 e. The Balaban J connectivity index is 1.35. The van der Waals surface area contributed by atoms with E-state index in [1.807, 2.05) is 0 Å². The van der Waals surface area contributed by atoms with Gasteiger partial charge in [-0.2, -0.15) is 4.98 Å². The van der Waals surface area contributed by atoms with Gasteiger partial charge in [-0.15, -0.1) is 17.7 Å². The number of hydrogen-bond acceptors (Lipinski definition) is 6. The smallest absolute Gasteiger partial charge is 0.242 e. The van der Waals surface area contributed by atoms with Crippen LogP contribution in [0.3, 0.4) is 0 Å². The summed E-state index contributed by atoms with van der Waals surface area (Å²) in [4.78, 5) is 6.95. The number of aryl methyl sites for hydroxylation is 1. The number of likely N-dealkylation sites (tertiary alicyclic amines) is 1. The summed E-state index contributed by atoms with van der Waals surface area (Å²) in [6.45, 7) is 4.16. The van der Waals surface area contributed by atoms with Gasteiger partial charge in [-0.05, 0) is 68.2 Å². The lowest BCUT2D eigenvalue weighted by atomic mass is 9.91. The molecular weight excluding hydrogens is 449 g/mol. The zero-order chi connectivity index (χ0) is 23.3. The molecule has 1 aromatic carbocycles. The van der Waals surface area contributed by atoms with Crippen molar-refractivity contribution in [3.63, 3.8) is 0 Å². The van der Waals surface area contributed by atoms with E-state index in [0.29, 0.717) is 47.8 Å². The van der Waals surface area contributed by atoms with Crippen molar-refractivity contribution in [3.05, 3.63) is 52.1 Å². The fourth-order valence-corrected chi connectivity index (χ4v) is 5.94. The molecule has 0 amide bonds. The topological polar surface area (TPSA) is 69.8 Å². The Morgan fingerprint density at radius 2 is 1.82 bits per heavy atom. The van der Waals surface area contributed by atoms with E-state index in [1.54, 1.807) is 17.7 Å². The number of rotatable bonds is 5. The number of anilines is 1. The van der Waals surface area contributed by atoms with Crippen molar-refractivity contribution in [1.82, 2.24) is 19.7 Å². The SMILES string of the molecule is CC(=N)/C=C(\S)N1CC2CC[C@@H](C1)[C@@H]2Nc1nc2n(n1)CCCC2c1cc(F)c(F)c(F)c1. The molecule has 2 N–H and O–H groups in total. The molecule has 10 heteroatoms. The van der Waals surface area contributed by atoms with Gasteiger partial charge in [-0.1, -0.05) is 0 Å². The zero-order valence-electron chi connectivity index (χ0n) is 18.4. The lowest BCUT2D eigenvalue weighted by Gasteiger charge is -2.39. The van der Waals surface area contributed by atoms with Crippen LogP contribution in [0.4, 0.5) is 19.1 Å². The molecule has 5 rings (SSSR count). The lowest BCUT2D eigenvalue weighted by Crippen LogP contribution is -2.47. The second kappa shape index (κ2) is 8.70. The van der Waals surface area contributed by atoms with E-state index >= 15 is 0 Å². The molecule has 3 heterocycles. The summed E-state index contributed by atoms with van der Waals surface area (Å²) < 4.78 is 42.9. The Morgan fingerprint density at radius 1 is 1.15 bits per heavy atom. The van der Waals surface area contributed by atoms with Crippen LogP contribution in [0.5, 0.6) is 0 Å². The van der Waals surface area contributed by atoms with E-state index in [1.165, 1.54) is 0 Å². The number of thiol groups is 1. The summed E-state index contributed by atoms with van der Waals surface area (Å²) >= 11 is 4.59. The maximum Gasteiger partial charge on any atom is 0.242 e. The van der Waals surface area contributed by atoms with E-state index in [-0.39, 0.29) is 12.0 Å². The highest BCUT2D eigenvalue weighted by atomic mass is 32.1. The van der Waals surface area contributed by atoms with Crippen molar-refractivity contribution in [2.45, 2.75) is 51.1 Å². The van der Waals surface area contributed by atoms with Gasteiger partial charge in [0.15, 0.2) is 17.5 Å². The zero-order valence-corrected chi connectivity index (χ0v) is 19.3. The van der Waals surface area contributed by atoms with E-state index in [0.717, 1.165) is 49.5 Å². The van der Waals surface area contributed by atoms with Gasteiger partial charge in [0.05, 0.1) is 5.03 Å². The van der Waals surface area contributed by atoms with Crippen molar-refractivity contribution < 1.29 is 13.2 Å². The predicted molar refractivity (Wildman–Crippen MR) is 123 cm³/mol. The van der Waals surface area contributed by atoms with E-state index in [2.05, 4.69) is 27.9 Å². The van der Waals surface area contributed by atoms with Gasteiger partial charge in [0.25, 0.3) is 0 Å². The summed E-state index contributed by atoms with van der Waals surface area (Å²) in [6, 6.07) is 2.37. The average molecular weight is 477 g/mol. The minimum absolute atomic E-state index is 0.243. The molecule has 176 valence electrons. The van der Waals surface area contributed by atoms with Crippen molar-refractivity contribution in [2.24, 2.45) is 11.8 Å². The number of halogens is 3. The molecule has 4 atom stereocenters. The van der Waals surface area contributed by atoms with Gasteiger partial charge in [0.1, 0.15) is 5.82 Å². The van der Waals surface area contributed by atoms with Crippen molar-refractivity contribution in [3.8, 4) is 0 Å². The molecule has 2 bridgehead atoms. The van der Waals surface area contributed by atoms with Gasteiger partial charge in [-0.3, -0.25) is 0 Å². The van der Waals surface area contributed by atoms with Crippen molar-refractivity contribution in [2.75, 3.05) is 18.4 Å². The van der Waals surface area contributed by atoms with Crippen LogP contribution in [0.25, 0.3) is 0 Å². The van der Waals surface area contributed by atoms with Gasteiger partial charge in [-0.25, -0.2) is 17.9 Å². The molecule has 2 aliphatic heterocycles. The molecule has 1 aromatic heterocycles. The number of fused-ring (bicyclic) bond motifs is 3. The van der Waals surface area contributed by atoms with Crippen LogP contribution in [0.2, 0.25) is 0 Å². The standard InChI is InChI=1S/C23H27F3N6S/c1-12(27)7-19(33)31-10-13-4-5-14(11-31)21(13)28-23-29-22-16(3-2-6-32(22)30-23)15-8-17(24)20(26)18(25)9-15/h7-9,13-14,16,21,27,33H,2-6,10-11H2,1H3,(H,28,30)/b19-7-,27-12?/t13-,14?,16?,21-/m0/s1. The second-order valence-electron chi connectivity index (χ2n) is 9.37. The summed E-state index contributed by atoms with van der Waals surface area (Å²) in [5, 5.41) is 16.7. The molecule has 2 aromatic rings. The molecule has 0 radical (unpaired) electrons. The molecule has 2 fully saturated rings. The van der Waals surface area contributed by atoms with Crippen LogP contribution in [0.1, 0.15) is 49.9 Å². The van der Waals surface area contributed by atoms with Crippen LogP contribution in [-0.4, -0.2) is 44.5 Å². The van der Waals surface area contributed by atoms with E-state index < -0.39 is 17.5 Å². The molecule has 6 nitrogen and oxygen atoms in total. The number of aromatic nitrogens is 3. The summed E-state index contributed by atoms with van der Waals surface area (Å²) in [5.41, 5.74) is 0.866. The first kappa shape index (κ1) is 22.3. The van der Waals surface area contributed by atoms with E-state index in [9.17, 15) is 13.2 Å². The first-order valence-electron chi connectivity index (χ1n) is 11.4. The Labute approximate surface area is 196 Å². The number of benzene rings is 1. The summed E-state index contributed by atoms with van der Waals surface area (Å²) in [6.07, 6.45) is 5.47. The normalized spacial score (nSPS) is 26.9. The first-order valence-corrected chi connectivity index (χ1v) is 11.8. The van der Waals surface area contributed by atoms with Crippen LogP contribution in [0.15, 0.2) is 23.2 Å². The largest absolute Gasteiger partial charge is 0.366 e. The van der Waals surface area contributed by atoms with Gasteiger partial charge < -0.3 is 15.6 Å². The van der Waals surface area contributed by atoms with Crippen LogP contribution >= 0.6 is 12.6 Å². The fraction of sp³-hybridized carbons (Fsp3) is 0.522. The molecule has 2 unspecified atom stereocenters. The molecule has 0 spiro atoms. The molecule has 1 aliphatic carbocycles. The highest BCUT2D eigenvalue weighted by molar-refractivity contribution is 7.84. The number of nitrogens with one attached hydrogen (secondary N) is 2. The predicted octanol–water partition coefficient (Wildman–Crippen LogP) is 4.55. The van der Waals surface area contributed by atoms with Crippen LogP contribution in [0, 0.1) is 34.7 Å². The van der Waals surface area contributed by atoms with Crippen LogP contribution in [-0.2, 0) is 6.54 Å². The first-order chi connectivity index (χ1) is 15.8. The highest BCUT2D eigenvalue weighted by Crippen LogP contribution is 2.40. The number of nitrogens with zero attached hydrogens (tertiary/aromatic N) is 4. The third-order valence-electron chi connectivity index (χ3n) is 7.08. The van der Waals surface area contributed by atoms with Crippen LogP contribution < -0.4 is 5.32 Å². The van der Waals surface area contributed by atoms with Gasteiger partial charge in [0.2, 0.25) is 5.95 Å². The van der Waals surface area contributed by atoms with E-state index in [4.69, 9.17) is 10.4 Å². The van der Waals surface area contributed by atoms with Gasteiger partial charge in [0, 0.05) is 37.3 Å². The second-order valence-corrected chi connectivity index (χ2v) is 9.83. The maximum atomic E-state index is 13.8. The number of allylic oxidation sites excluding steroid dienone is 1. The fourth-order valence-electron chi connectivity index (χ4n) is 5.58. The quantitative estimate of drug-likeness (QED) is 0.336. The number of piperidine rings is 1. The Morgan fingerprint density at radius 3 is 2.45 bits per heavy atom. The summed E-state index contributed by atoms with van der Waals surface area (Å²) in [7, 11) is 0. The Bertz CT molecular complexity index is 1080. The maximum absolute atomic E-state index is 13.8.